The van der Waals surface area contributed by atoms with Crippen LogP contribution in [0.15, 0.2) is 22.9 Å². The van der Waals surface area contributed by atoms with Crippen molar-refractivity contribution in [2.75, 3.05) is 5.32 Å². The maximum Gasteiger partial charge on any atom is 0.183 e. The van der Waals surface area contributed by atoms with Crippen LogP contribution < -0.4 is 10.4 Å². The van der Waals surface area contributed by atoms with Gasteiger partial charge in [0.1, 0.15) is 0 Å². The van der Waals surface area contributed by atoms with Gasteiger partial charge in [-0.2, -0.15) is 0 Å². The van der Waals surface area contributed by atoms with E-state index in [0.717, 1.165) is 11.7 Å². The number of nitrogens with zero attached hydrogens (tertiary/aromatic N) is 1. The second-order valence-corrected chi connectivity index (χ2v) is 5.02. The fourth-order valence-electron chi connectivity index (χ4n) is 1.19. The van der Waals surface area contributed by atoms with Crippen molar-refractivity contribution in [3.63, 3.8) is 0 Å². The van der Waals surface area contributed by atoms with Gasteiger partial charge in [-0.1, -0.05) is 6.07 Å². The molecule has 4 nitrogen and oxygen atoms in total. The molecule has 0 saturated carbocycles. The zero-order valence-corrected chi connectivity index (χ0v) is 9.94. The van der Waals surface area contributed by atoms with Gasteiger partial charge in [0.25, 0.3) is 0 Å². The second-order valence-electron chi connectivity index (χ2n) is 3.13. The molecule has 0 bridgehead atoms. The number of carboxylic acids is 1. The zero-order valence-electron chi connectivity index (χ0n) is 8.30. The topological polar surface area (TPSA) is 65.0 Å². The van der Waals surface area contributed by atoms with Crippen molar-refractivity contribution in [3.8, 4) is 0 Å². The molecule has 2 aromatic heterocycles. The zero-order chi connectivity index (χ0) is 11.4. The lowest BCUT2D eigenvalue weighted by Gasteiger charge is -1.99. The molecule has 6 heteroatoms. The van der Waals surface area contributed by atoms with Gasteiger partial charge in [-0.15, -0.1) is 22.7 Å². The smallest absolute Gasteiger partial charge is 0.183 e. The van der Waals surface area contributed by atoms with E-state index >= 15 is 0 Å². The van der Waals surface area contributed by atoms with Crippen molar-refractivity contribution >= 4 is 33.8 Å². The minimum atomic E-state index is -1.10. The Hall–Kier alpha value is -1.40. The number of nitrogens with one attached hydrogen (secondary N) is 1. The molecular formula is C10H9N2O2S2-. The minimum Gasteiger partial charge on any atom is -0.550 e. The number of aromatic nitrogens is 1. The molecule has 0 aliphatic carbocycles. The average molecular weight is 253 g/mol. The van der Waals surface area contributed by atoms with E-state index in [1.54, 1.807) is 16.7 Å². The highest BCUT2D eigenvalue weighted by Gasteiger charge is 2.02. The summed E-state index contributed by atoms with van der Waals surface area (Å²) < 4.78 is 0. The summed E-state index contributed by atoms with van der Waals surface area (Å²) in [6, 6.07) is 4.03. The molecule has 16 heavy (non-hydrogen) atoms. The SMILES string of the molecule is O=C([O-])Cc1csc(NCc2cccs2)n1. The molecule has 0 fully saturated rings. The van der Waals surface area contributed by atoms with Crippen LogP contribution >= 0.6 is 22.7 Å². The first-order valence-electron chi connectivity index (χ1n) is 4.64. The summed E-state index contributed by atoms with van der Waals surface area (Å²) >= 11 is 3.07. The number of carboxylic acid groups (broad SMARTS) is 1. The average Bonchev–Trinajstić information content (AvgIpc) is 2.84. The highest BCUT2D eigenvalue weighted by molar-refractivity contribution is 7.13. The first-order chi connectivity index (χ1) is 7.74. The van der Waals surface area contributed by atoms with Crippen molar-refractivity contribution in [1.29, 1.82) is 0 Å². The Morgan fingerprint density at radius 1 is 1.50 bits per heavy atom. The summed E-state index contributed by atoms with van der Waals surface area (Å²) in [5.74, 6) is -1.10. The number of carbonyl (C=O) groups is 1. The van der Waals surface area contributed by atoms with Gasteiger partial charge in [0, 0.05) is 22.6 Å². The Morgan fingerprint density at radius 2 is 2.38 bits per heavy atom. The number of hydrogen-bond donors (Lipinski definition) is 1. The number of thiophene rings is 1. The van der Waals surface area contributed by atoms with E-state index in [-0.39, 0.29) is 6.42 Å². The van der Waals surface area contributed by atoms with E-state index < -0.39 is 5.97 Å². The Bertz CT molecular complexity index is 465. The van der Waals surface area contributed by atoms with Gasteiger partial charge in [0.05, 0.1) is 12.2 Å². The highest BCUT2D eigenvalue weighted by atomic mass is 32.1. The van der Waals surface area contributed by atoms with Crippen LogP contribution in [-0.2, 0) is 17.8 Å². The molecular weight excluding hydrogens is 244 g/mol. The lowest BCUT2D eigenvalue weighted by atomic mass is 10.3. The number of anilines is 1. The van der Waals surface area contributed by atoms with E-state index in [4.69, 9.17) is 0 Å². The van der Waals surface area contributed by atoms with E-state index in [9.17, 15) is 9.90 Å². The molecule has 0 saturated heterocycles. The van der Waals surface area contributed by atoms with Crippen molar-refractivity contribution in [2.45, 2.75) is 13.0 Å². The summed E-state index contributed by atoms with van der Waals surface area (Å²) in [7, 11) is 0. The minimum absolute atomic E-state index is 0.128. The largest absolute Gasteiger partial charge is 0.550 e. The van der Waals surface area contributed by atoms with Gasteiger partial charge < -0.3 is 15.2 Å². The van der Waals surface area contributed by atoms with Crippen LogP contribution in [0.3, 0.4) is 0 Å². The molecule has 0 aliphatic rings. The van der Waals surface area contributed by atoms with Gasteiger partial charge in [-0.05, 0) is 11.4 Å². The van der Waals surface area contributed by atoms with Crippen molar-refractivity contribution in [2.24, 2.45) is 0 Å². The van der Waals surface area contributed by atoms with Crippen molar-refractivity contribution in [3.05, 3.63) is 33.5 Å². The molecule has 2 heterocycles. The standard InChI is InChI=1S/C10H10N2O2S2/c13-9(14)4-7-6-16-10(12-7)11-5-8-2-1-3-15-8/h1-3,6H,4-5H2,(H,11,12)(H,13,14)/p-1. The van der Waals surface area contributed by atoms with Gasteiger partial charge in [0.2, 0.25) is 0 Å². The molecule has 84 valence electrons. The summed E-state index contributed by atoms with van der Waals surface area (Å²) in [6.45, 7) is 0.718. The monoisotopic (exact) mass is 253 g/mol. The lowest BCUT2D eigenvalue weighted by Crippen LogP contribution is -2.24. The summed E-state index contributed by atoms with van der Waals surface area (Å²) in [4.78, 5) is 15.7. The fourth-order valence-corrected chi connectivity index (χ4v) is 2.55. The van der Waals surface area contributed by atoms with Gasteiger partial charge >= 0.3 is 0 Å². The molecule has 0 aromatic carbocycles. The molecule has 0 spiro atoms. The maximum atomic E-state index is 10.4. The van der Waals surface area contributed by atoms with Crippen LogP contribution in [0.5, 0.6) is 0 Å². The van der Waals surface area contributed by atoms with E-state index in [1.807, 2.05) is 17.5 Å². The normalized spacial score (nSPS) is 10.2. The van der Waals surface area contributed by atoms with E-state index in [0.29, 0.717) is 5.69 Å². The van der Waals surface area contributed by atoms with Crippen LogP contribution in [0.2, 0.25) is 0 Å². The Kier molecular flexibility index (Phi) is 3.53. The van der Waals surface area contributed by atoms with Gasteiger partial charge in [-0.25, -0.2) is 4.98 Å². The second kappa shape index (κ2) is 5.09. The predicted octanol–water partition coefficient (Wildman–Crippen LogP) is 1.11. The number of carbonyl (C=O) groups excluding carboxylic acids is 1. The molecule has 1 N–H and O–H groups in total. The third kappa shape index (κ3) is 3.04. The predicted molar refractivity (Wildman–Crippen MR) is 62.5 cm³/mol. The molecule has 2 rings (SSSR count). The lowest BCUT2D eigenvalue weighted by molar-refractivity contribution is -0.304. The number of aliphatic carboxylic acids is 1. The van der Waals surface area contributed by atoms with Crippen LogP contribution in [0.25, 0.3) is 0 Å². The van der Waals surface area contributed by atoms with Crippen LogP contribution in [0, 0.1) is 0 Å². The van der Waals surface area contributed by atoms with Gasteiger partial charge in [0.15, 0.2) is 5.13 Å². The van der Waals surface area contributed by atoms with Crippen molar-refractivity contribution < 1.29 is 9.90 Å². The Balaban J connectivity index is 1.90. The fraction of sp³-hybridized carbons (Fsp3) is 0.200. The van der Waals surface area contributed by atoms with Crippen LogP contribution in [0.1, 0.15) is 10.6 Å². The van der Waals surface area contributed by atoms with Crippen LogP contribution in [-0.4, -0.2) is 11.0 Å². The molecule has 0 radical (unpaired) electrons. The molecule has 0 aliphatic heterocycles. The molecule has 0 unspecified atom stereocenters. The third-order valence-corrected chi connectivity index (χ3v) is 3.60. The quantitative estimate of drug-likeness (QED) is 0.867. The van der Waals surface area contributed by atoms with Gasteiger partial charge in [-0.3, -0.25) is 0 Å². The van der Waals surface area contributed by atoms with Crippen LogP contribution in [0.4, 0.5) is 5.13 Å². The third-order valence-electron chi connectivity index (χ3n) is 1.87. The summed E-state index contributed by atoms with van der Waals surface area (Å²) in [5.41, 5.74) is 0.540. The number of thiazole rings is 1. The first-order valence-corrected chi connectivity index (χ1v) is 6.40. The van der Waals surface area contributed by atoms with E-state index in [1.165, 1.54) is 16.2 Å². The Morgan fingerprint density at radius 3 is 3.06 bits per heavy atom. The maximum absolute atomic E-state index is 10.4. The first kappa shape index (κ1) is 11.1. The molecule has 0 atom stereocenters. The van der Waals surface area contributed by atoms with E-state index in [2.05, 4.69) is 10.3 Å². The van der Waals surface area contributed by atoms with Crippen molar-refractivity contribution in [1.82, 2.24) is 4.98 Å². The summed E-state index contributed by atoms with van der Waals surface area (Å²) in [6.07, 6.45) is -0.128. The summed E-state index contributed by atoms with van der Waals surface area (Å²) in [5, 5.41) is 18.0. The molecule has 2 aromatic rings. The highest BCUT2D eigenvalue weighted by Crippen LogP contribution is 2.17. The number of hydrogen-bond acceptors (Lipinski definition) is 6. The Labute approximate surface area is 101 Å². The number of rotatable bonds is 5. The molecule has 0 amide bonds.